The molecular weight excluding hydrogens is 340 g/mol. The molecular formula is C17H28N4O3S. The highest BCUT2D eigenvalue weighted by molar-refractivity contribution is 7.91. The smallest absolute Gasteiger partial charge is 0.274 e. The van der Waals surface area contributed by atoms with Crippen LogP contribution in [0.25, 0.3) is 0 Å². The SMILES string of the molecule is CCCN(CCC)C(=O)c1cnc(N(CC)C2CCS(=O)(=O)C2)cn1. The van der Waals surface area contributed by atoms with Crippen molar-refractivity contribution in [1.29, 1.82) is 0 Å². The van der Waals surface area contributed by atoms with Gasteiger partial charge in [-0.2, -0.15) is 0 Å². The molecule has 0 radical (unpaired) electrons. The van der Waals surface area contributed by atoms with Crippen molar-refractivity contribution in [3.05, 3.63) is 18.1 Å². The van der Waals surface area contributed by atoms with Crippen molar-refractivity contribution >= 4 is 21.6 Å². The Balaban J connectivity index is 2.13. The fraction of sp³-hybridized carbons (Fsp3) is 0.706. The van der Waals surface area contributed by atoms with Crippen LogP contribution in [0.1, 0.15) is 50.5 Å². The molecule has 1 aliphatic rings. The number of anilines is 1. The molecule has 2 rings (SSSR count). The van der Waals surface area contributed by atoms with Crippen molar-refractivity contribution in [2.24, 2.45) is 0 Å². The highest BCUT2D eigenvalue weighted by Gasteiger charge is 2.32. The van der Waals surface area contributed by atoms with E-state index in [2.05, 4.69) is 9.97 Å². The maximum Gasteiger partial charge on any atom is 0.274 e. The summed E-state index contributed by atoms with van der Waals surface area (Å²) in [5, 5.41) is 0. The van der Waals surface area contributed by atoms with Crippen LogP contribution < -0.4 is 4.90 Å². The van der Waals surface area contributed by atoms with Crippen LogP contribution in [0.2, 0.25) is 0 Å². The van der Waals surface area contributed by atoms with E-state index in [-0.39, 0.29) is 23.5 Å². The van der Waals surface area contributed by atoms with Crippen molar-refractivity contribution in [3.63, 3.8) is 0 Å². The lowest BCUT2D eigenvalue weighted by Crippen LogP contribution is -2.37. The minimum Gasteiger partial charge on any atom is -0.352 e. The number of hydrogen-bond acceptors (Lipinski definition) is 6. The summed E-state index contributed by atoms with van der Waals surface area (Å²) in [5.74, 6) is 0.901. The number of carbonyl (C=O) groups excluding carboxylic acids is 1. The Morgan fingerprint density at radius 1 is 1.16 bits per heavy atom. The number of sulfone groups is 1. The van der Waals surface area contributed by atoms with E-state index >= 15 is 0 Å². The second-order valence-electron chi connectivity index (χ2n) is 6.39. The zero-order valence-corrected chi connectivity index (χ0v) is 16.1. The Bertz CT molecular complexity index is 670. The summed E-state index contributed by atoms with van der Waals surface area (Å²) in [7, 11) is -2.95. The Morgan fingerprint density at radius 2 is 1.84 bits per heavy atom. The molecule has 1 atom stereocenters. The summed E-state index contributed by atoms with van der Waals surface area (Å²) in [6, 6.07) is -0.0671. The molecule has 1 aromatic rings. The van der Waals surface area contributed by atoms with Gasteiger partial charge < -0.3 is 9.80 Å². The van der Waals surface area contributed by atoms with Crippen LogP contribution in [-0.2, 0) is 9.84 Å². The summed E-state index contributed by atoms with van der Waals surface area (Å²) in [6.07, 6.45) is 5.49. The first-order chi connectivity index (χ1) is 11.9. The van der Waals surface area contributed by atoms with Crippen molar-refractivity contribution in [2.45, 2.75) is 46.1 Å². The summed E-state index contributed by atoms with van der Waals surface area (Å²) in [4.78, 5) is 25.0. The molecule has 2 heterocycles. The number of hydrogen-bond donors (Lipinski definition) is 0. The van der Waals surface area contributed by atoms with Crippen molar-refractivity contribution in [2.75, 3.05) is 36.0 Å². The predicted molar refractivity (Wildman–Crippen MR) is 98.6 cm³/mol. The third-order valence-electron chi connectivity index (χ3n) is 4.42. The zero-order valence-electron chi connectivity index (χ0n) is 15.3. The fourth-order valence-corrected chi connectivity index (χ4v) is 4.96. The van der Waals surface area contributed by atoms with Gasteiger partial charge in [-0.1, -0.05) is 13.8 Å². The number of aromatic nitrogens is 2. The molecule has 0 saturated carbocycles. The summed E-state index contributed by atoms with van der Waals surface area (Å²) in [6.45, 7) is 8.11. The molecule has 1 amide bonds. The lowest BCUT2D eigenvalue weighted by molar-refractivity contribution is 0.0749. The molecule has 0 aliphatic carbocycles. The zero-order chi connectivity index (χ0) is 18.4. The molecule has 1 aliphatic heterocycles. The molecule has 1 unspecified atom stereocenters. The first kappa shape index (κ1) is 19.6. The molecule has 1 fully saturated rings. The van der Waals surface area contributed by atoms with Gasteiger partial charge in [0, 0.05) is 25.7 Å². The average molecular weight is 369 g/mol. The topological polar surface area (TPSA) is 83.5 Å². The van der Waals surface area contributed by atoms with Crippen LogP contribution in [0, 0.1) is 0 Å². The van der Waals surface area contributed by atoms with Gasteiger partial charge in [-0.3, -0.25) is 4.79 Å². The minimum absolute atomic E-state index is 0.0671. The second-order valence-corrected chi connectivity index (χ2v) is 8.62. The third kappa shape index (κ3) is 4.90. The third-order valence-corrected chi connectivity index (χ3v) is 6.17. The lowest BCUT2D eigenvalue weighted by atomic mass is 10.2. The van der Waals surface area contributed by atoms with Crippen LogP contribution in [0.3, 0.4) is 0 Å². The predicted octanol–water partition coefficient (Wildman–Crippen LogP) is 1.75. The minimum atomic E-state index is -2.95. The monoisotopic (exact) mass is 368 g/mol. The van der Waals surface area contributed by atoms with Gasteiger partial charge in [-0.25, -0.2) is 18.4 Å². The molecule has 1 aromatic heterocycles. The van der Waals surface area contributed by atoms with Gasteiger partial charge in [0.2, 0.25) is 0 Å². The van der Waals surface area contributed by atoms with Crippen LogP contribution >= 0.6 is 0 Å². The lowest BCUT2D eigenvalue weighted by Gasteiger charge is -2.27. The second kappa shape index (κ2) is 8.60. The van der Waals surface area contributed by atoms with Crippen LogP contribution in [0.4, 0.5) is 5.82 Å². The van der Waals surface area contributed by atoms with Crippen LogP contribution in [-0.4, -0.2) is 66.4 Å². The highest BCUT2D eigenvalue weighted by atomic mass is 32.2. The van der Waals surface area contributed by atoms with Crippen molar-refractivity contribution in [1.82, 2.24) is 14.9 Å². The molecule has 1 saturated heterocycles. The first-order valence-electron chi connectivity index (χ1n) is 9.00. The van der Waals surface area contributed by atoms with E-state index in [9.17, 15) is 13.2 Å². The average Bonchev–Trinajstić information content (AvgIpc) is 2.95. The number of rotatable bonds is 8. The maximum absolute atomic E-state index is 12.5. The Labute approximate surface area is 150 Å². The summed E-state index contributed by atoms with van der Waals surface area (Å²) in [5.41, 5.74) is 0.334. The summed E-state index contributed by atoms with van der Waals surface area (Å²) >= 11 is 0. The molecule has 0 N–H and O–H groups in total. The van der Waals surface area contributed by atoms with E-state index in [0.717, 1.165) is 12.8 Å². The van der Waals surface area contributed by atoms with Gasteiger partial charge in [0.1, 0.15) is 11.5 Å². The number of carbonyl (C=O) groups is 1. The van der Waals surface area contributed by atoms with E-state index in [1.807, 2.05) is 25.7 Å². The van der Waals surface area contributed by atoms with Gasteiger partial charge in [-0.15, -0.1) is 0 Å². The molecule has 0 bridgehead atoms. The largest absolute Gasteiger partial charge is 0.352 e. The van der Waals surface area contributed by atoms with Gasteiger partial charge in [0.25, 0.3) is 5.91 Å². The fourth-order valence-electron chi connectivity index (χ4n) is 3.23. The van der Waals surface area contributed by atoms with Gasteiger partial charge in [0.05, 0.1) is 23.9 Å². The molecule has 8 heteroatoms. The first-order valence-corrected chi connectivity index (χ1v) is 10.8. The molecule has 0 aromatic carbocycles. The van der Waals surface area contributed by atoms with E-state index in [0.29, 0.717) is 37.6 Å². The van der Waals surface area contributed by atoms with E-state index in [4.69, 9.17) is 0 Å². The molecule has 25 heavy (non-hydrogen) atoms. The standard InChI is InChI=1S/C17H28N4O3S/c1-4-8-20(9-5-2)17(22)15-11-19-16(12-18-15)21(6-3)14-7-10-25(23,24)13-14/h11-12,14H,4-10,13H2,1-3H3. The van der Waals surface area contributed by atoms with Gasteiger partial charge in [-0.05, 0) is 26.2 Å². The Morgan fingerprint density at radius 3 is 2.28 bits per heavy atom. The van der Waals surface area contributed by atoms with Gasteiger partial charge in [0.15, 0.2) is 9.84 Å². The Hall–Kier alpha value is -1.70. The summed E-state index contributed by atoms with van der Waals surface area (Å²) < 4.78 is 23.4. The van der Waals surface area contributed by atoms with E-state index in [1.54, 1.807) is 11.1 Å². The normalized spacial score (nSPS) is 18.9. The quantitative estimate of drug-likeness (QED) is 0.695. The Kier molecular flexibility index (Phi) is 6.75. The number of nitrogens with zero attached hydrogens (tertiary/aromatic N) is 4. The number of amides is 1. The maximum atomic E-state index is 12.5. The van der Waals surface area contributed by atoms with E-state index in [1.165, 1.54) is 6.20 Å². The molecule has 7 nitrogen and oxygen atoms in total. The van der Waals surface area contributed by atoms with Crippen LogP contribution in [0.15, 0.2) is 12.4 Å². The van der Waals surface area contributed by atoms with Crippen molar-refractivity contribution < 1.29 is 13.2 Å². The van der Waals surface area contributed by atoms with Crippen molar-refractivity contribution in [3.8, 4) is 0 Å². The molecule has 140 valence electrons. The van der Waals surface area contributed by atoms with Gasteiger partial charge >= 0.3 is 0 Å². The highest BCUT2D eigenvalue weighted by Crippen LogP contribution is 2.22. The molecule has 0 spiro atoms. The van der Waals surface area contributed by atoms with E-state index < -0.39 is 9.84 Å². The van der Waals surface area contributed by atoms with Crippen LogP contribution in [0.5, 0.6) is 0 Å².